The van der Waals surface area contributed by atoms with Gasteiger partial charge in [-0.25, -0.2) is 4.98 Å². The lowest BCUT2D eigenvalue weighted by molar-refractivity contribution is 0.458. The largest absolute Gasteiger partial charge is 0.507 e. The molecular weight excluding hydrogens is 468 g/mol. The molecule has 0 fully saturated rings. The Morgan fingerprint density at radius 2 is 1.16 bits per heavy atom. The van der Waals surface area contributed by atoms with Crippen LogP contribution in [0, 0.1) is 0 Å². The molecule has 0 aliphatic heterocycles. The molecule has 1 heterocycles. The summed E-state index contributed by atoms with van der Waals surface area (Å²) in [6.45, 7) is 4.38. The molecule has 0 bridgehead atoms. The Labute approximate surface area is 228 Å². The minimum Gasteiger partial charge on any atom is -0.507 e. The Bertz CT molecular complexity index is 1240. The van der Waals surface area contributed by atoms with Gasteiger partial charge in [-0.05, 0) is 73.2 Å². The molecule has 0 atom stereocenters. The van der Waals surface area contributed by atoms with Crippen LogP contribution in [0.3, 0.4) is 0 Å². The van der Waals surface area contributed by atoms with Gasteiger partial charge in [-0.2, -0.15) is 0 Å². The number of aryl methyl sites for hydroxylation is 2. The second-order valence-corrected chi connectivity index (χ2v) is 10.5. The number of H-pyrrole nitrogens is 1. The van der Waals surface area contributed by atoms with Crippen molar-refractivity contribution in [3.05, 3.63) is 71.8 Å². The first kappa shape index (κ1) is 27.3. The van der Waals surface area contributed by atoms with Gasteiger partial charge in [-0.15, -0.1) is 0 Å². The van der Waals surface area contributed by atoms with Crippen LogP contribution < -0.4 is 9.80 Å². The van der Waals surface area contributed by atoms with Gasteiger partial charge >= 0.3 is 0 Å². The highest BCUT2D eigenvalue weighted by Crippen LogP contribution is 2.37. The third kappa shape index (κ3) is 6.04. The highest BCUT2D eigenvalue weighted by molar-refractivity contribution is 5.82. The van der Waals surface area contributed by atoms with E-state index in [0.29, 0.717) is 5.75 Å². The minimum absolute atomic E-state index is 0.459. The lowest BCUT2D eigenvalue weighted by atomic mass is 9.97. The van der Waals surface area contributed by atoms with Gasteiger partial charge in [-0.1, -0.05) is 51.0 Å². The molecule has 0 spiro atoms. The summed E-state index contributed by atoms with van der Waals surface area (Å²) in [6, 6.07) is 21.4. The summed E-state index contributed by atoms with van der Waals surface area (Å²) in [5.74, 6) is 1.29. The molecule has 38 heavy (non-hydrogen) atoms. The fourth-order valence-electron chi connectivity index (χ4n) is 4.78. The maximum atomic E-state index is 11.0. The van der Waals surface area contributed by atoms with Gasteiger partial charge in [0.25, 0.3) is 0 Å². The van der Waals surface area contributed by atoms with Crippen molar-refractivity contribution in [2.75, 3.05) is 38.0 Å². The highest BCUT2D eigenvalue weighted by Gasteiger charge is 2.18. The first-order valence-electron chi connectivity index (χ1n) is 13.8. The van der Waals surface area contributed by atoms with Crippen molar-refractivity contribution >= 4 is 11.4 Å². The Balaban J connectivity index is 1.85. The standard InChI is InChI=1S/C33H42N4O/c1-7-9-11-25-21-27(22-26(32(25)38)12-10-8-2)33-34-30(23-13-17-28(18-14-23)36(3)4)31(35-33)24-15-19-29(20-16-24)37(5)6/h13-22,38H,7-12H2,1-6H3,(H,34,35). The maximum Gasteiger partial charge on any atom is 0.138 e. The van der Waals surface area contributed by atoms with Crippen molar-refractivity contribution < 1.29 is 5.11 Å². The quantitative estimate of drug-likeness (QED) is 0.215. The average molecular weight is 511 g/mol. The maximum absolute atomic E-state index is 11.0. The molecule has 2 N–H and O–H groups in total. The number of aromatic amines is 1. The number of phenolic OH excluding ortho intramolecular Hbond substituents is 1. The summed E-state index contributed by atoms with van der Waals surface area (Å²) >= 11 is 0. The second-order valence-electron chi connectivity index (χ2n) is 10.5. The van der Waals surface area contributed by atoms with Gasteiger partial charge in [-0.3, -0.25) is 0 Å². The number of imidazole rings is 1. The van der Waals surface area contributed by atoms with Crippen molar-refractivity contribution in [1.29, 1.82) is 0 Å². The van der Waals surface area contributed by atoms with E-state index < -0.39 is 0 Å². The Kier molecular flexibility index (Phi) is 8.77. The molecule has 1 aromatic heterocycles. The molecule has 0 amide bonds. The topological polar surface area (TPSA) is 55.4 Å². The zero-order valence-electron chi connectivity index (χ0n) is 23.8. The van der Waals surface area contributed by atoms with E-state index in [-0.39, 0.29) is 0 Å². The fourth-order valence-corrected chi connectivity index (χ4v) is 4.78. The molecule has 0 unspecified atom stereocenters. The number of phenols is 1. The van der Waals surface area contributed by atoms with Crippen LogP contribution in [-0.2, 0) is 12.8 Å². The van der Waals surface area contributed by atoms with Crippen molar-refractivity contribution in [2.45, 2.75) is 52.4 Å². The number of hydrogen-bond donors (Lipinski definition) is 2. The Morgan fingerprint density at radius 1 is 0.684 bits per heavy atom. The van der Waals surface area contributed by atoms with E-state index >= 15 is 0 Å². The number of hydrogen-bond acceptors (Lipinski definition) is 4. The van der Waals surface area contributed by atoms with Gasteiger partial charge in [0.05, 0.1) is 11.4 Å². The first-order valence-corrected chi connectivity index (χ1v) is 13.8. The number of aromatic nitrogens is 2. The third-order valence-electron chi connectivity index (χ3n) is 7.17. The number of benzene rings is 3. The molecule has 4 aromatic rings. The molecule has 4 rings (SSSR count). The molecular formula is C33H42N4O. The number of nitrogens with one attached hydrogen (secondary N) is 1. The number of anilines is 2. The monoisotopic (exact) mass is 510 g/mol. The fraction of sp³-hybridized carbons (Fsp3) is 0.364. The molecule has 5 heteroatoms. The van der Waals surface area contributed by atoms with Crippen LogP contribution >= 0.6 is 0 Å². The lowest BCUT2D eigenvalue weighted by Crippen LogP contribution is -2.08. The van der Waals surface area contributed by atoms with Crippen molar-refractivity contribution in [3.63, 3.8) is 0 Å². The molecule has 0 radical (unpaired) electrons. The predicted molar refractivity (Wildman–Crippen MR) is 162 cm³/mol. The van der Waals surface area contributed by atoms with E-state index in [1.54, 1.807) is 0 Å². The van der Waals surface area contributed by atoms with Crippen LogP contribution in [0.4, 0.5) is 11.4 Å². The van der Waals surface area contributed by atoms with E-state index in [1.165, 1.54) is 0 Å². The SMILES string of the molecule is CCCCc1cc(-c2nc(-c3ccc(N(C)C)cc3)c(-c3ccc(N(C)C)cc3)[nH]2)cc(CCCC)c1O. The Hall–Kier alpha value is -3.73. The van der Waals surface area contributed by atoms with E-state index in [0.717, 1.165) is 94.9 Å². The number of unbranched alkanes of at least 4 members (excludes halogenated alkanes) is 2. The van der Waals surface area contributed by atoms with E-state index in [1.807, 2.05) is 0 Å². The number of nitrogens with zero attached hydrogens (tertiary/aromatic N) is 3. The molecule has 0 aliphatic carbocycles. The second kappa shape index (κ2) is 12.2. The van der Waals surface area contributed by atoms with Crippen molar-refractivity contribution in [2.24, 2.45) is 0 Å². The molecule has 3 aromatic carbocycles. The summed E-state index contributed by atoms with van der Waals surface area (Å²) in [5, 5.41) is 11.0. The summed E-state index contributed by atoms with van der Waals surface area (Å²) in [7, 11) is 8.21. The van der Waals surface area contributed by atoms with E-state index in [4.69, 9.17) is 4.98 Å². The van der Waals surface area contributed by atoms with E-state index in [9.17, 15) is 5.11 Å². The molecule has 0 saturated carbocycles. The molecule has 200 valence electrons. The van der Waals surface area contributed by atoms with Gasteiger partial charge in [0.2, 0.25) is 0 Å². The van der Waals surface area contributed by atoms with Crippen molar-refractivity contribution in [1.82, 2.24) is 9.97 Å². The van der Waals surface area contributed by atoms with Crippen LogP contribution in [0.25, 0.3) is 33.9 Å². The molecule has 0 aliphatic rings. The van der Waals surface area contributed by atoms with Crippen LogP contribution in [0.1, 0.15) is 50.7 Å². The van der Waals surface area contributed by atoms with Gasteiger partial charge in [0, 0.05) is 56.3 Å². The van der Waals surface area contributed by atoms with Crippen LogP contribution in [0.15, 0.2) is 60.7 Å². The summed E-state index contributed by atoms with van der Waals surface area (Å²) in [6.07, 6.45) is 6.02. The van der Waals surface area contributed by atoms with Gasteiger partial charge in [0.15, 0.2) is 0 Å². The predicted octanol–water partition coefficient (Wildman–Crippen LogP) is 7.93. The van der Waals surface area contributed by atoms with Crippen LogP contribution in [-0.4, -0.2) is 43.3 Å². The van der Waals surface area contributed by atoms with Crippen LogP contribution in [0.5, 0.6) is 5.75 Å². The summed E-state index contributed by atoms with van der Waals surface area (Å²) in [5.41, 5.74) is 9.47. The lowest BCUT2D eigenvalue weighted by Gasteiger charge is -2.13. The Morgan fingerprint density at radius 3 is 1.61 bits per heavy atom. The smallest absolute Gasteiger partial charge is 0.138 e. The highest BCUT2D eigenvalue weighted by atomic mass is 16.3. The summed E-state index contributed by atoms with van der Waals surface area (Å²) < 4.78 is 0. The number of rotatable bonds is 11. The zero-order valence-corrected chi connectivity index (χ0v) is 23.8. The van der Waals surface area contributed by atoms with Gasteiger partial charge < -0.3 is 19.9 Å². The summed E-state index contributed by atoms with van der Waals surface area (Å²) in [4.78, 5) is 13.0. The molecule has 0 saturated heterocycles. The average Bonchev–Trinajstić information content (AvgIpc) is 3.37. The number of aromatic hydroxyl groups is 1. The minimum atomic E-state index is 0.459. The van der Waals surface area contributed by atoms with Crippen molar-refractivity contribution in [3.8, 4) is 39.7 Å². The third-order valence-corrected chi connectivity index (χ3v) is 7.17. The normalized spacial score (nSPS) is 11.1. The zero-order chi connectivity index (χ0) is 27.2. The van der Waals surface area contributed by atoms with Crippen LogP contribution in [0.2, 0.25) is 0 Å². The van der Waals surface area contributed by atoms with E-state index in [2.05, 4.69) is 117 Å². The molecule has 5 nitrogen and oxygen atoms in total. The van der Waals surface area contributed by atoms with Gasteiger partial charge in [0.1, 0.15) is 11.6 Å². The first-order chi connectivity index (χ1) is 18.3.